The normalized spacial score (nSPS) is 10.3. The molecule has 0 fully saturated rings. The molecule has 0 saturated carbocycles. The van der Waals surface area contributed by atoms with Gasteiger partial charge >= 0.3 is 0 Å². The van der Waals surface area contributed by atoms with Gasteiger partial charge in [-0.2, -0.15) is 0 Å². The average molecular weight is 319 g/mol. The van der Waals surface area contributed by atoms with Crippen LogP contribution in [-0.2, 0) is 0 Å². The Morgan fingerprint density at radius 3 is 2.32 bits per heavy atom. The topological polar surface area (TPSA) is 59.1 Å². The highest BCUT2D eigenvalue weighted by atomic mass is 79.9. The van der Waals surface area contributed by atoms with E-state index in [9.17, 15) is 0 Å². The highest BCUT2D eigenvalue weighted by molar-refractivity contribution is 9.10. The highest BCUT2D eigenvalue weighted by Gasteiger charge is 2.08. The molecule has 0 aromatic heterocycles. The molecule has 0 unspecified atom stereocenters. The standard InChI is InChI=1S/C15H15BrN2O/c1-9-7-11(8-10(2)14(9)16)19-13-6-4-3-5-12(13)15(17)18/h3-8H,1-2H3,(H3,17,18). The van der Waals surface area contributed by atoms with E-state index in [1.165, 1.54) is 0 Å². The molecule has 0 aliphatic rings. The predicted octanol–water partition coefficient (Wildman–Crippen LogP) is 4.14. The van der Waals surface area contributed by atoms with Gasteiger partial charge in [-0.1, -0.05) is 28.1 Å². The van der Waals surface area contributed by atoms with Crippen molar-refractivity contribution in [1.82, 2.24) is 0 Å². The maximum absolute atomic E-state index is 7.55. The number of nitrogen functional groups attached to an aromatic ring is 1. The van der Waals surface area contributed by atoms with Crippen molar-refractivity contribution >= 4 is 21.8 Å². The zero-order chi connectivity index (χ0) is 14.0. The monoisotopic (exact) mass is 318 g/mol. The maximum atomic E-state index is 7.55. The molecular formula is C15H15BrN2O. The van der Waals surface area contributed by atoms with Crippen LogP contribution in [0.3, 0.4) is 0 Å². The van der Waals surface area contributed by atoms with E-state index < -0.39 is 0 Å². The number of rotatable bonds is 3. The molecule has 0 amide bonds. The average Bonchev–Trinajstić information content (AvgIpc) is 2.36. The van der Waals surface area contributed by atoms with Gasteiger partial charge in [0.05, 0.1) is 5.56 Å². The van der Waals surface area contributed by atoms with Gasteiger partial charge in [0, 0.05) is 4.47 Å². The first kappa shape index (κ1) is 13.6. The lowest BCUT2D eigenvalue weighted by molar-refractivity contribution is 0.480. The Bertz CT molecular complexity index is 615. The summed E-state index contributed by atoms with van der Waals surface area (Å²) in [6.45, 7) is 4.03. The quantitative estimate of drug-likeness (QED) is 0.660. The lowest BCUT2D eigenvalue weighted by Crippen LogP contribution is -2.12. The summed E-state index contributed by atoms with van der Waals surface area (Å²) in [5.74, 6) is 1.34. The van der Waals surface area contributed by atoms with E-state index in [0.29, 0.717) is 11.3 Å². The Balaban J connectivity index is 2.39. The number of hydrogen-bond donors (Lipinski definition) is 2. The summed E-state index contributed by atoms with van der Waals surface area (Å²) in [4.78, 5) is 0. The fourth-order valence-corrected chi connectivity index (χ4v) is 2.10. The van der Waals surface area contributed by atoms with Crippen LogP contribution >= 0.6 is 15.9 Å². The van der Waals surface area contributed by atoms with E-state index in [0.717, 1.165) is 21.3 Å². The van der Waals surface area contributed by atoms with Crippen molar-refractivity contribution in [2.45, 2.75) is 13.8 Å². The summed E-state index contributed by atoms with van der Waals surface area (Å²) in [7, 11) is 0. The van der Waals surface area contributed by atoms with Crippen LogP contribution in [0.4, 0.5) is 0 Å². The summed E-state index contributed by atoms with van der Waals surface area (Å²) >= 11 is 3.53. The van der Waals surface area contributed by atoms with Gasteiger partial charge < -0.3 is 10.5 Å². The van der Waals surface area contributed by atoms with Crippen LogP contribution in [0, 0.1) is 19.3 Å². The second-order valence-electron chi connectivity index (χ2n) is 4.38. The third-order valence-corrected chi connectivity index (χ3v) is 4.07. The molecule has 0 saturated heterocycles. The number of hydrogen-bond acceptors (Lipinski definition) is 2. The van der Waals surface area contributed by atoms with E-state index in [1.54, 1.807) is 6.07 Å². The van der Waals surface area contributed by atoms with Gasteiger partial charge in [0.2, 0.25) is 0 Å². The Hall–Kier alpha value is -1.81. The molecule has 0 spiro atoms. The molecule has 0 radical (unpaired) electrons. The van der Waals surface area contributed by atoms with Crippen LogP contribution < -0.4 is 10.5 Å². The van der Waals surface area contributed by atoms with Gasteiger partial charge in [0.15, 0.2) is 0 Å². The first-order valence-corrected chi connectivity index (χ1v) is 6.66. The minimum Gasteiger partial charge on any atom is -0.457 e. The Labute approximate surface area is 121 Å². The summed E-state index contributed by atoms with van der Waals surface area (Å²) in [5, 5.41) is 7.55. The lowest BCUT2D eigenvalue weighted by atomic mass is 10.1. The fourth-order valence-electron chi connectivity index (χ4n) is 1.87. The molecule has 3 N–H and O–H groups in total. The molecule has 0 bridgehead atoms. The number of aryl methyl sites for hydroxylation is 2. The van der Waals surface area contributed by atoms with E-state index >= 15 is 0 Å². The Morgan fingerprint density at radius 1 is 1.16 bits per heavy atom. The third-order valence-electron chi connectivity index (χ3n) is 2.81. The van der Waals surface area contributed by atoms with Crippen LogP contribution in [-0.4, -0.2) is 5.84 Å². The number of halogens is 1. The molecule has 0 aliphatic heterocycles. The molecule has 0 aliphatic carbocycles. The minimum absolute atomic E-state index is 0.00107. The second kappa shape index (κ2) is 5.45. The minimum atomic E-state index is 0.00107. The van der Waals surface area contributed by atoms with Crippen molar-refractivity contribution in [3.05, 3.63) is 57.6 Å². The summed E-state index contributed by atoms with van der Waals surface area (Å²) in [5.41, 5.74) is 8.36. The van der Waals surface area contributed by atoms with Crippen LogP contribution in [0.2, 0.25) is 0 Å². The SMILES string of the molecule is Cc1cc(Oc2ccccc2C(=N)N)cc(C)c1Br. The van der Waals surface area contributed by atoms with Gasteiger partial charge in [0.1, 0.15) is 17.3 Å². The van der Waals surface area contributed by atoms with Crippen LogP contribution in [0.15, 0.2) is 40.9 Å². The smallest absolute Gasteiger partial charge is 0.138 e. The third kappa shape index (κ3) is 2.96. The van der Waals surface area contributed by atoms with Gasteiger partial charge in [-0.15, -0.1) is 0 Å². The number of benzene rings is 2. The molecule has 2 aromatic carbocycles. The van der Waals surface area contributed by atoms with Crippen molar-refractivity contribution in [2.24, 2.45) is 5.73 Å². The van der Waals surface area contributed by atoms with Crippen molar-refractivity contribution in [2.75, 3.05) is 0 Å². The van der Waals surface area contributed by atoms with E-state index in [4.69, 9.17) is 15.9 Å². The van der Waals surface area contributed by atoms with Gasteiger partial charge in [-0.25, -0.2) is 0 Å². The first-order valence-electron chi connectivity index (χ1n) is 5.87. The van der Waals surface area contributed by atoms with Crippen molar-refractivity contribution < 1.29 is 4.74 Å². The molecule has 0 atom stereocenters. The zero-order valence-corrected chi connectivity index (χ0v) is 12.4. The van der Waals surface area contributed by atoms with E-state index in [-0.39, 0.29) is 5.84 Å². The number of amidine groups is 1. The van der Waals surface area contributed by atoms with Crippen LogP contribution in [0.1, 0.15) is 16.7 Å². The molecule has 19 heavy (non-hydrogen) atoms. The highest BCUT2D eigenvalue weighted by Crippen LogP contribution is 2.30. The van der Waals surface area contributed by atoms with Crippen molar-refractivity contribution in [3.8, 4) is 11.5 Å². The van der Waals surface area contributed by atoms with Crippen molar-refractivity contribution in [3.63, 3.8) is 0 Å². The summed E-state index contributed by atoms with van der Waals surface area (Å²) in [6, 6.07) is 11.2. The molecule has 2 aromatic rings. The fraction of sp³-hybridized carbons (Fsp3) is 0.133. The number of nitrogens with two attached hydrogens (primary N) is 1. The van der Waals surface area contributed by atoms with Gasteiger partial charge in [-0.05, 0) is 49.2 Å². The number of nitrogens with one attached hydrogen (secondary N) is 1. The largest absolute Gasteiger partial charge is 0.457 e. The van der Waals surface area contributed by atoms with Gasteiger partial charge in [0.25, 0.3) is 0 Å². The second-order valence-corrected chi connectivity index (χ2v) is 5.18. The Kier molecular flexibility index (Phi) is 3.90. The van der Waals surface area contributed by atoms with E-state index in [1.807, 2.05) is 44.2 Å². The van der Waals surface area contributed by atoms with Crippen LogP contribution in [0.5, 0.6) is 11.5 Å². The first-order chi connectivity index (χ1) is 8.99. The number of ether oxygens (including phenoxy) is 1. The van der Waals surface area contributed by atoms with E-state index in [2.05, 4.69) is 15.9 Å². The number of para-hydroxylation sites is 1. The molecule has 0 heterocycles. The predicted molar refractivity (Wildman–Crippen MR) is 81.1 cm³/mol. The van der Waals surface area contributed by atoms with Crippen LogP contribution in [0.25, 0.3) is 0 Å². The van der Waals surface area contributed by atoms with Gasteiger partial charge in [-0.3, -0.25) is 5.41 Å². The maximum Gasteiger partial charge on any atom is 0.138 e. The summed E-state index contributed by atoms with van der Waals surface area (Å²) < 4.78 is 6.93. The Morgan fingerprint density at radius 2 is 1.74 bits per heavy atom. The molecule has 98 valence electrons. The lowest BCUT2D eigenvalue weighted by Gasteiger charge is -2.12. The zero-order valence-electron chi connectivity index (χ0n) is 10.8. The molecule has 3 nitrogen and oxygen atoms in total. The van der Waals surface area contributed by atoms with Crippen molar-refractivity contribution in [1.29, 1.82) is 5.41 Å². The molecule has 4 heteroatoms. The summed E-state index contributed by atoms with van der Waals surface area (Å²) in [6.07, 6.45) is 0. The molecule has 2 rings (SSSR count). The molecular weight excluding hydrogens is 304 g/mol.